The first kappa shape index (κ1) is 19.1. The fourth-order valence-corrected chi connectivity index (χ4v) is 2.79. The molecule has 1 unspecified atom stereocenters. The average molecular weight is 359 g/mol. The number of carbonyl (C=O) groups excluding carboxylic acids is 1. The number of halogens is 3. The van der Waals surface area contributed by atoms with Gasteiger partial charge in [0.2, 0.25) is 0 Å². The molecule has 5 nitrogen and oxygen atoms in total. The van der Waals surface area contributed by atoms with Gasteiger partial charge in [0.15, 0.2) is 0 Å². The van der Waals surface area contributed by atoms with E-state index in [0.717, 1.165) is 12.1 Å². The number of aliphatic carboxylic acids is 1. The Kier molecular flexibility index (Phi) is 5.02. The molecule has 2 rings (SSSR count). The van der Waals surface area contributed by atoms with Crippen LogP contribution < -0.4 is 0 Å². The SMILES string of the molecule is CC(C)(C)OC(=O)N1CC(c2ccc(C(F)(F)F)cc2)[C@H](C(=O)O)C1. The normalized spacial score (nSPS) is 21.3. The predicted octanol–water partition coefficient (Wildman–Crippen LogP) is 3.74. The molecule has 0 spiro atoms. The minimum atomic E-state index is -4.46. The zero-order valence-corrected chi connectivity index (χ0v) is 14.1. The number of rotatable bonds is 2. The summed E-state index contributed by atoms with van der Waals surface area (Å²) in [7, 11) is 0. The van der Waals surface area contributed by atoms with Crippen molar-refractivity contribution >= 4 is 12.1 Å². The second-order valence-electron chi connectivity index (χ2n) is 7.06. The molecular weight excluding hydrogens is 339 g/mol. The Bertz CT molecular complexity index is 649. The molecule has 138 valence electrons. The minimum absolute atomic E-state index is 0.0457. The van der Waals surface area contributed by atoms with Crippen LogP contribution in [0.2, 0.25) is 0 Å². The van der Waals surface area contributed by atoms with Gasteiger partial charge in [0, 0.05) is 19.0 Å². The second-order valence-corrected chi connectivity index (χ2v) is 7.06. The van der Waals surface area contributed by atoms with E-state index < -0.39 is 41.2 Å². The number of hydrogen-bond acceptors (Lipinski definition) is 3. The number of carboxylic acids is 1. The van der Waals surface area contributed by atoms with E-state index in [1.165, 1.54) is 17.0 Å². The molecule has 1 aliphatic rings. The topological polar surface area (TPSA) is 66.8 Å². The summed E-state index contributed by atoms with van der Waals surface area (Å²) in [5.41, 5.74) is -1.07. The molecule has 1 N–H and O–H groups in total. The van der Waals surface area contributed by atoms with E-state index in [1.807, 2.05) is 0 Å². The molecule has 1 amide bonds. The molecule has 1 heterocycles. The Labute approximate surface area is 143 Å². The van der Waals surface area contributed by atoms with Gasteiger partial charge in [0.25, 0.3) is 0 Å². The van der Waals surface area contributed by atoms with E-state index in [4.69, 9.17) is 4.74 Å². The maximum atomic E-state index is 12.7. The van der Waals surface area contributed by atoms with Gasteiger partial charge in [-0.05, 0) is 38.5 Å². The van der Waals surface area contributed by atoms with Crippen molar-refractivity contribution in [2.75, 3.05) is 13.1 Å². The molecule has 1 fully saturated rings. The van der Waals surface area contributed by atoms with Gasteiger partial charge in [-0.2, -0.15) is 13.2 Å². The van der Waals surface area contributed by atoms with Gasteiger partial charge in [-0.3, -0.25) is 4.79 Å². The van der Waals surface area contributed by atoms with E-state index >= 15 is 0 Å². The summed E-state index contributed by atoms with van der Waals surface area (Å²) >= 11 is 0. The largest absolute Gasteiger partial charge is 0.481 e. The van der Waals surface area contributed by atoms with Crippen LogP contribution in [0.25, 0.3) is 0 Å². The Balaban J connectivity index is 2.21. The van der Waals surface area contributed by atoms with Crippen LogP contribution >= 0.6 is 0 Å². The molecule has 0 aliphatic carbocycles. The molecule has 2 atom stereocenters. The highest BCUT2D eigenvalue weighted by Gasteiger charge is 2.42. The van der Waals surface area contributed by atoms with Crippen LogP contribution in [0.3, 0.4) is 0 Å². The fraction of sp³-hybridized carbons (Fsp3) is 0.529. The van der Waals surface area contributed by atoms with Crippen molar-refractivity contribution in [1.29, 1.82) is 0 Å². The Morgan fingerprint density at radius 3 is 2.12 bits per heavy atom. The van der Waals surface area contributed by atoms with Crippen molar-refractivity contribution < 1.29 is 32.6 Å². The van der Waals surface area contributed by atoms with Crippen LogP contribution in [0.4, 0.5) is 18.0 Å². The van der Waals surface area contributed by atoms with E-state index in [2.05, 4.69) is 0 Å². The number of alkyl halides is 3. The van der Waals surface area contributed by atoms with E-state index in [-0.39, 0.29) is 13.1 Å². The molecule has 1 aromatic rings. The van der Waals surface area contributed by atoms with Crippen LogP contribution in [0.1, 0.15) is 37.8 Å². The van der Waals surface area contributed by atoms with E-state index in [1.54, 1.807) is 20.8 Å². The number of amides is 1. The number of nitrogens with zero attached hydrogens (tertiary/aromatic N) is 1. The van der Waals surface area contributed by atoms with Crippen molar-refractivity contribution in [3.63, 3.8) is 0 Å². The van der Waals surface area contributed by atoms with E-state index in [9.17, 15) is 27.9 Å². The fourth-order valence-electron chi connectivity index (χ4n) is 2.79. The van der Waals surface area contributed by atoms with Gasteiger partial charge in [0.05, 0.1) is 11.5 Å². The summed E-state index contributed by atoms with van der Waals surface area (Å²) in [5.74, 6) is -2.59. The van der Waals surface area contributed by atoms with E-state index in [0.29, 0.717) is 5.56 Å². The van der Waals surface area contributed by atoms with Crippen molar-refractivity contribution in [1.82, 2.24) is 4.90 Å². The standard InChI is InChI=1S/C17H20F3NO4/c1-16(2,3)25-15(24)21-8-12(13(9-21)14(22)23)10-4-6-11(7-5-10)17(18,19)20/h4-7,12-13H,8-9H2,1-3H3,(H,22,23)/t12?,13-/m1/s1. The maximum Gasteiger partial charge on any atom is 0.416 e. The molecule has 1 saturated heterocycles. The Hall–Kier alpha value is -2.25. The zero-order valence-electron chi connectivity index (χ0n) is 14.1. The van der Waals surface area contributed by atoms with Crippen LogP contribution in [0.15, 0.2) is 24.3 Å². The monoisotopic (exact) mass is 359 g/mol. The summed E-state index contributed by atoms with van der Waals surface area (Å²) in [6.07, 6.45) is -5.09. The summed E-state index contributed by atoms with van der Waals surface area (Å²) in [4.78, 5) is 24.9. The molecule has 1 aliphatic heterocycles. The summed E-state index contributed by atoms with van der Waals surface area (Å²) in [6, 6.07) is 4.37. The first-order valence-corrected chi connectivity index (χ1v) is 7.76. The number of carbonyl (C=O) groups is 2. The summed E-state index contributed by atoms with van der Waals surface area (Å²) < 4.78 is 43.2. The first-order chi connectivity index (χ1) is 11.4. The smallest absolute Gasteiger partial charge is 0.416 e. The third-order valence-corrected chi connectivity index (χ3v) is 3.95. The lowest BCUT2D eigenvalue weighted by atomic mass is 9.88. The highest BCUT2D eigenvalue weighted by Crippen LogP contribution is 2.36. The van der Waals surface area contributed by atoms with Gasteiger partial charge < -0.3 is 14.7 Å². The second kappa shape index (κ2) is 6.57. The third-order valence-electron chi connectivity index (χ3n) is 3.95. The molecular formula is C17H20F3NO4. The number of carboxylic acid groups (broad SMARTS) is 1. The van der Waals surface area contributed by atoms with Crippen molar-refractivity contribution in [2.24, 2.45) is 5.92 Å². The Morgan fingerprint density at radius 1 is 1.12 bits per heavy atom. The van der Waals surface area contributed by atoms with Gasteiger partial charge in [0.1, 0.15) is 5.60 Å². The minimum Gasteiger partial charge on any atom is -0.481 e. The van der Waals surface area contributed by atoms with Crippen molar-refractivity contribution in [3.8, 4) is 0 Å². The van der Waals surface area contributed by atoms with Crippen LogP contribution in [0.5, 0.6) is 0 Å². The molecule has 0 bridgehead atoms. The lowest BCUT2D eigenvalue weighted by molar-refractivity contribution is -0.141. The van der Waals surface area contributed by atoms with Gasteiger partial charge in [-0.25, -0.2) is 4.79 Å². The molecule has 1 aromatic carbocycles. The number of likely N-dealkylation sites (tertiary alicyclic amines) is 1. The average Bonchev–Trinajstić information content (AvgIpc) is 2.90. The first-order valence-electron chi connectivity index (χ1n) is 7.76. The lowest BCUT2D eigenvalue weighted by Crippen LogP contribution is -2.35. The molecule has 0 aromatic heterocycles. The highest BCUT2D eigenvalue weighted by atomic mass is 19.4. The van der Waals surface area contributed by atoms with Gasteiger partial charge >= 0.3 is 18.2 Å². The number of benzene rings is 1. The predicted molar refractivity (Wildman–Crippen MR) is 83.1 cm³/mol. The third kappa shape index (κ3) is 4.64. The quantitative estimate of drug-likeness (QED) is 0.874. The maximum absolute atomic E-state index is 12.7. The van der Waals surface area contributed by atoms with Crippen LogP contribution in [0, 0.1) is 5.92 Å². The van der Waals surface area contributed by atoms with Gasteiger partial charge in [-0.1, -0.05) is 12.1 Å². The Morgan fingerprint density at radius 2 is 1.68 bits per heavy atom. The molecule has 0 radical (unpaired) electrons. The van der Waals surface area contributed by atoms with Gasteiger partial charge in [-0.15, -0.1) is 0 Å². The lowest BCUT2D eigenvalue weighted by Gasteiger charge is -2.24. The molecule has 25 heavy (non-hydrogen) atoms. The van der Waals surface area contributed by atoms with Crippen LogP contribution in [-0.4, -0.2) is 40.8 Å². The van der Waals surface area contributed by atoms with Crippen molar-refractivity contribution in [3.05, 3.63) is 35.4 Å². The van der Waals surface area contributed by atoms with Crippen molar-refractivity contribution in [2.45, 2.75) is 38.5 Å². The van der Waals surface area contributed by atoms with Crippen LogP contribution in [-0.2, 0) is 15.7 Å². The summed E-state index contributed by atoms with van der Waals surface area (Å²) in [5, 5.41) is 9.40. The molecule has 0 saturated carbocycles. The number of hydrogen-bond donors (Lipinski definition) is 1. The highest BCUT2D eigenvalue weighted by molar-refractivity contribution is 5.76. The number of ether oxygens (including phenoxy) is 1. The summed E-state index contributed by atoms with van der Waals surface area (Å²) in [6.45, 7) is 5.13. The zero-order chi connectivity index (χ0) is 19.0. The molecule has 8 heteroatoms.